The summed E-state index contributed by atoms with van der Waals surface area (Å²) in [5.74, 6) is 0.593. The molecule has 0 N–H and O–H groups in total. The molecule has 84 valence electrons. The molecule has 1 heteroatoms. The number of halogens is 1. The van der Waals surface area contributed by atoms with E-state index in [0.717, 1.165) is 5.02 Å². The summed E-state index contributed by atoms with van der Waals surface area (Å²) >= 11 is 6.16. The van der Waals surface area contributed by atoms with Crippen molar-refractivity contribution in [2.24, 2.45) is 0 Å². The third-order valence-corrected chi connectivity index (χ3v) is 3.27. The molecule has 0 heterocycles. The quantitative estimate of drug-likeness (QED) is 0.567. The van der Waals surface area contributed by atoms with E-state index in [1.807, 2.05) is 12.1 Å². The maximum absolute atomic E-state index is 6.16. The summed E-state index contributed by atoms with van der Waals surface area (Å²) in [6, 6.07) is 8.20. The standard InChI is InChI=1S/C14H21Cl/c1-3-4-5-6-9-12(2)13-10-7-8-11-14(13)15/h7-8,10-12H,3-6,9H2,1-2H3. The third kappa shape index (κ3) is 4.25. The van der Waals surface area contributed by atoms with Crippen molar-refractivity contribution >= 4 is 11.6 Å². The average Bonchev–Trinajstić information content (AvgIpc) is 2.25. The maximum atomic E-state index is 6.16. The fourth-order valence-corrected chi connectivity index (χ4v) is 2.23. The number of rotatable bonds is 6. The van der Waals surface area contributed by atoms with Gasteiger partial charge in [0, 0.05) is 5.02 Å². The first-order valence-corrected chi connectivity index (χ1v) is 6.38. The molecule has 0 fully saturated rings. The molecule has 1 aromatic carbocycles. The molecule has 15 heavy (non-hydrogen) atoms. The fraction of sp³-hybridized carbons (Fsp3) is 0.571. The average molecular weight is 225 g/mol. The molecular formula is C14H21Cl. The van der Waals surface area contributed by atoms with Crippen molar-refractivity contribution in [3.8, 4) is 0 Å². The molecule has 1 unspecified atom stereocenters. The Balaban J connectivity index is 2.40. The monoisotopic (exact) mass is 224 g/mol. The molecule has 0 spiro atoms. The molecule has 0 aliphatic rings. The van der Waals surface area contributed by atoms with Crippen LogP contribution in [0.2, 0.25) is 5.02 Å². The van der Waals surface area contributed by atoms with Crippen LogP contribution in [0.5, 0.6) is 0 Å². The topological polar surface area (TPSA) is 0 Å². The maximum Gasteiger partial charge on any atom is 0.0440 e. The van der Waals surface area contributed by atoms with Gasteiger partial charge in [0.2, 0.25) is 0 Å². The van der Waals surface area contributed by atoms with Crippen LogP contribution in [0.25, 0.3) is 0 Å². The fourth-order valence-electron chi connectivity index (χ4n) is 1.91. The Hall–Kier alpha value is -0.490. The molecule has 0 aliphatic carbocycles. The van der Waals surface area contributed by atoms with Crippen LogP contribution in [-0.4, -0.2) is 0 Å². The highest BCUT2D eigenvalue weighted by Crippen LogP contribution is 2.27. The van der Waals surface area contributed by atoms with Crippen molar-refractivity contribution < 1.29 is 0 Å². The van der Waals surface area contributed by atoms with Crippen LogP contribution < -0.4 is 0 Å². The Morgan fingerprint density at radius 1 is 1.13 bits per heavy atom. The number of unbranched alkanes of at least 4 members (excludes halogenated alkanes) is 3. The first-order valence-electron chi connectivity index (χ1n) is 6.00. The van der Waals surface area contributed by atoms with Crippen LogP contribution >= 0.6 is 11.6 Å². The molecule has 0 radical (unpaired) electrons. The van der Waals surface area contributed by atoms with Crippen molar-refractivity contribution in [1.82, 2.24) is 0 Å². The van der Waals surface area contributed by atoms with Crippen molar-refractivity contribution in [2.45, 2.75) is 51.9 Å². The second-order valence-electron chi connectivity index (χ2n) is 4.27. The summed E-state index contributed by atoms with van der Waals surface area (Å²) < 4.78 is 0. The van der Waals surface area contributed by atoms with Crippen LogP contribution in [0.1, 0.15) is 57.4 Å². The van der Waals surface area contributed by atoms with Gasteiger partial charge in [0.05, 0.1) is 0 Å². The van der Waals surface area contributed by atoms with E-state index in [9.17, 15) is 0 Å². The third-order valence-electron chi connectivity index (χ3n) is 2.93. The highest BCUT2D eigenvalue weighted by molar-refractivity contribution is 6.31. The molecule has 0 aromatic heterocycles. The number of benzene rings is 1. The van der Waals surface area contributed by atoms with Gasteiger partial charge in [-0.1, -0.05) is 69.3 Å². The summed E-state index contributed by atoms with van der Waals surface area (Å²) in [6.07, 6.45) is 6.59. The Bertz CT molecular complexity index is 280. The summed E-state index contributed by atoms with van der Waals surface area (Å²) in [6.45, 7) is 4.52. The molecule has 0 amide bonds. The van der Waals surface area contributed by atoms with E-state index >= 15 is 0 Å². The second kappa shape index (κ2) is 6.90. The Morgan fingerprint density at radius 2 is 1.87 bits per heavy atom. The van der Waals surface area contributed by atoms with E-state index in [-0.39, 0.29) is 0 Å². The molecule has 0 saturated heterocycles. The molecule has 0 aliphatic heterocycles. The second-order valence-corrected chi connectivity index (χ2v) is 4.68. The summed E-state index contributed by atoms with van der Waals surface area (Å²) in [4.78, 5) is 0. The first-order chi connectivity index (χ1) is 7.25. The molecule has 0 bridgehead atoms. The summed E-state index contributed by atoms with van der Waals surface area (Å²) in [5.41, 5.74) is 1.30. The van der Waals surface area contributed by atoms with Gasteiger partial charge < -0.3 is 0 Å². The zero-order valence-corrected chi connectivity index (χ0v) is 10.6. The minimum absolute atomic E-state index is 0.593. The lowest BCUT2D eigenvalue weighted by atomic mass is 9.95. The molecular weight excluding hydrogens is 204 g/mol. The van der Waals surface area contributed by atoms with E-state index < -0.39 is 0 Å². The SMILES string of the molecule is CCCCCCC(C)c1ccccc1Cl. The Kier molecular flexibility index (Phi) is 5.78. The predicted molar refractivity (Wildman–Crippen MR) is 68.6 cm³/mol. The van der Waals surface area contributed by atoms with Gasteiger partial charge >= 0.3 is 0 Å². The zero-order chi connectivity index (χ0) is 11.1. The van der Waals surface area contributed by atoms with Gasteiger partial charge in [-0.25, -0.2) is 0 Å². The largest absolute Gasteiger partial charge is 0.0840 e. The predicted octanol–water partition coefficient (Wildman–Crippen LogP) is 5.41. The number of hydrogen-bond acceptors (Lipinski definition) is 0. The Morgan fingerprint density at radius 3 is 2.53 bits per heavy atom. The van der Waals surface area contributed by atoms with Gasteiger partial charge in [0.25, 0.3) is 0 Å². The van der Waals surface area contributed by atoms with Crippen LogP contribution in [0, 0.1) is 0 Å². The molecule has 0 nitrogen and oxygen atoms in total. The molecule has 1 rings (SSSR count). The minimum Gasteiger partial charge on any atom is -0.0840 e. The highest BCUT2D eigenvalue weighted by Gasteiger charge is 2.08. The Labute approximate surface area is 98.7 Å². The van der Waals surface area contributed by atoms with E-state index in [2.05, 4.69) is 26.0 Å². The lowest BCUT2D eigenvalue weighted by molar-refractivity contribution is 0.580. The number of hydrogen-bond donors (Lipinski definition) is 0. The van der Waals surface area contributed by atoms with E-state index in [0.29, 0.717) is 5.92 Å². The highest BCUT2D eigenvalue weighted by atomic mass is 35.5. The van der Waals surface area contributed by atoms with Gasteiger partial charge in [-0.3, -0.25) is 0 Å². The van der Waals surface area contributed by atoms with Crippen molar-refractivity contribution in [3.05, 3.63) is 34.9 Å². The van der Waals surface area contributed by atoms with Crippen LogP contribution in [0.15, 0.2) is 24.3 Å². The summed E-state index contributed by atoms with van der Waals surface area (Å²) in [7, 11) is 0. The van der Waals surface area contributed by atoms with Gasteiger partial charge in [-0.15, -0.1) is 0 Å². The summed E-state index contributed by atoms with van der Waals surface area (Å²) in [5, 5.41) is 0.917. The van der Waals surface area contributed by atoms with E-state index in [1.54, 1.807) is 0 Å². The van der Waals surface area contributed by atoms with Gasteiger partial charge in [0.1, 0.15) is 0 Å². The van der Waals surface area contributed by atoms with Crippen LogP contribution in [0.4, 0.5) is 0 Å². The van der Waals surface area contributed by atoms with Crippen molar-refractivity contribution in [1.29, 1.82) is 0 Å². The van der Waals surface area contributed by atoms with Crippen LogP contribution in [0.3, 0.4) is 0 Å². The van der Waals surface area contributed by atoms with E-state index in [4.69, 9.17) is 11.6 Å². The normalized spacial score (nSPS) is 12.7. The van der Waals surface area contributed by atoms with Gasteiger partial charge in [-0.2, -0.15) is 0 Å². The van der Waals surface area contributed by atoms with Gasteiger partial charge in [-0.05, 0) is 24.0 Å². The van der Waals surface area contributed by atoms with Gasteiger partial charge in [0.15, 0.2) is 0 Å². The molecule has 0 saturated carbocycles. The minimum atomic E-state index is 0.593. The molecule has 1 atom stereocenters. The lowest BCUT2D eigenvalue weighted by Gasteiger charge is -2.13. The van der Waals surface area contributed by atoms with Crippen LogP contribution in [-0.2, 0) is 0 Å². The van der Waals surface area contributed by atoms with Crippen molar-refractivity contribution in [3.63, 3.8) is 0 Å². The van der Waals surface area contributed by atoms with Crippen molar-refractivity contribution in [2.75, 3.05) is 0 Å². The van der Waals surface area contributed by atoms with E-state index in [1.165, 1.54) is 37.7 Å². The lowest BCUT2D eigenvalue weighted by Crippen LogP contribution is -1.94. The first kappa shape index (κ1) is 12.6. The molecule has 1 aromatic rings. The smallest absolute Gasteiger partial charge is 0.0440 e. The zero-order valence-electron chi connectivity index (χ0n) is 9.80.